The molecule has 1 unspecified atom stereocenters. The lowest BCUT2D eigenvalue weighted by Crippen LogP contribution is -2.59. The number of benzene rings is 1. The Hall–Kier alpha value is -2.77. The molecule has 13 heteroatoms. The third-order valence-electron chi connectivity index (χ3n) is 9.47. The first-order chi connectivity index (χ1) is 20.9. The molecule has 242 valence electrons. The van der Waals surface area contributed by atoms with Crippen LogP contribution in [0.4, 0.5) is 4.79 Å². The molecule has 4 amide bonds. The molecular weight excluding hydrogens is 583 g/mol. The smallest absolute Gasteiger partial charge is 0.453 e. The monoisotopic (exact) mass is 630 g/mol. The minimum atomic E-state index is -0.991. The van der Waals surface area contributed by atoms with Crippen molar-refractivity contribution in [3.63, 3.8) is 0 Å². The number of hydrogen-bond donors (Lipinski definition) is 4. The fraction of sp³-hybridized carbons (Fsp3) is 0.677. The third kappa shape index (κ3) is 8.08. The van der Waals surface area contributed by atoms with Crippen LogP contribution in [0, 0.1) is 23.2 Å². The van der Waals surface area contributed by atoms with Gasteiger partial charge in [-0.2, -0.15) is 11.8 Å². The molecule has 1 heterocycles. The van der Waals surface area contributed by atoms with Gasteiger partial charge in [-0.25, -0.2) is 4.79 Å². The zero-order valence-corrected chi connectivity index (χ0v) is 27.4. The van der Waals surface area contributed by atoms with Gasteiger partial charge < -0.3 is 35.3 Å². The number of thioether (sulfide) groups is 1. The number of methoxy groups -OCH3 is 1. The van der Waals surface area contributed by atoms with Crippen LogP contribution in [-0.2, 0) is 34.9 Å². The molecule has 4 fully saturated rings. The lowest BCUT2D eigenvalue weighted by atomic mass is 9.47. The normalized spacial score (nSPS) is 25.1. The van der Waals surface area contributed by atoms with Gasteiger partial charge in [-0.15, -0.1) is 0 Å². The molecule has 5 rings (SSSR count). The molecule has 0 radical (unpaired) electrons. The second kappa shape index (κ2) is 15.0. The minimum absolute atomic E-state index is 0.0505. The van der Waals surface area contributed by atoms with E-state index in [4.69, 9.17) is 9.31 Å². The van der Waals surface area contributed by atoms with Gasteiger partial charge in [0.2, 0.25) is 17.7 Å². The minimum Gasteiger partial charge on any atom is -0.453 e. The first-order valence-corrected chi connectivity index (χ1v) is 16.9. The van der Waals surface area contributed by atoms with E-state index in [2.05, 4.69) is 39.9 Å². The van der Waals surface area contributed by atoms with Crippen LogP contribution in [0.5, 0.6) is 0 Å². The van der Waals surface area contributed by atoms with Gasteiger partial charge in [-0.3, -0.25) is 14.4 Å². The van der Waals surface area contributed by atoms with E-state index in [1.807, 2.05) is 36.6 Å². The molecule has 3 saturated carbocycles. The zero-order chi connectivity index (χ0) is 32.0. The highest BCUT2D eigenvalue weighted by atomic mass is 32.2. The summed E-state index contributed by atoms with van der Waals surface area (Å²) in [6, 6.07) is 6.56. The van der Waals surface area contributed by atoms with Crippen LogP contribution in [0.2, 0.25) is 0 Å². The van der Waals surface area contributed by atoms with Crippen LogP contribution in [0.25, 0.3) is 0 Å². The molecule has 2 bridgehead atoms. The maximum absolute atomic E-state index is 13.7. The molecule has 11 nitrogen and oxygen atoms in total. The van der Waals surface area contributed by atoms with Crippen LogP contribution in [0.15, 0.2) is 30.3 Å². The van der Waals surface area contributed by atoms with Gasteiger partial charge in [0.1, 0.15) is 18.1 Å². The second-order valence-electron chi connectivity index (χ2n) is 13.0. The number of alkyl carbamates (subject to hydrolysis) is 1. The largest absolute Gasteiger partial charge is 0.478 e. The second-order valence-corrected chi connectivity index (χ2v) is 14.0. The Morgan fingerprint density at radius 1 is 1.00 bits per heavy atom. The van der Waals surface area contributed by atoms with Crippen molar-refractivity contribution in [2.75, 3.05) is 25.6 Å². The summed E-state index contributed by atoms with van der Waals surface area (Å²) >= 11 is 1.57. The van der Waals surface area contributed by atoms with Crippen molar-refractivity contribution in [3.8, 4) is 0 Å². The Morgan fingerprint density at radius 3 is 2.34 bits per heavy atom. The van der Waals surface area contributed by atoms with Gasteiger partial charge in [0.15, 0.2) is 0 Å². The van der Waals surface area contributed by atoms with Gasteiger partial charge in [-0.05, 0) is 60.0 Å². The fourth-order valence-corrected chi connectivity index (χ4v) is 7.10. The predicted octanol–water partition coefficient (Wildman–Crippen LogP) is 2.33. The highest BCUT2D eigenvalue weighted by molar-refractivity contribution is 7.98. The molecular formula is C31H47BN4O7S. The summed E-state index contributed by atoms with van der Waals surface area (Å²) in [6.45, 7) is 8.16. The Morgan fingerprint density at radius 2 is 1.70 bits per heavy atom. The van der Waals surface area contributed by atoms with E-state index in [9.17, 15) is 19.2 Å². The highest BCUT2D eigenvalue weighted by Gasteiger charge is 2.61. The molecule has 1 aromatic carbocycles. The quantitative estimate of drug-likeness (QED) is 0.230. The number of ether oxygens (including phenoxy) is 1. The lowest BCUT2D eigenvalue weighted by molar-refractivity contribution is -0.150. The van der Waals surface area contributed by atoms with E-state index >= 15 is 0 Å². The van der Waals surface area contributed by atoms with Crippen molar-refractivity contribution in [2.24, 2.45) is 23.2 Å². The predicted molar refractivity (Wildman–Crippen MR) is 170 cm³/mol. The molecule has 4 N–H and O–H groups in total. The zero-order valence-electron chi connectivity index (χ0n) is 26.6. The van der Waals surface area contributed by atoms with E-state index in [0.717, 1.165) is 18.4 Å². The van der Waals surface area contributed by atoms with Gasteiger partial charge in [-0.1, -0.05) is 58.0 Å². The lowest BCUT2D eigenvalue weighted by Gasteiger charge is -2.60. The van der Waals surface area contributed by atoms with Crippen LogP contribution in [0.1, 0.15) is 52.5 Å². The summed E-state index contributed by atoms with van der Waals surface area (Å²) in [7, 11) is 0.693. The topological polar surface area (TPSA) is 144 Å². The number of amides is 4. The number of carbonyl (C=O) groups excluding carboxylic acids is 4. The molecule has 7 atom stereocenters. The van der Waals surface area contributed by atoms with Crippen molar-refractivity contribution in [1.29, 1.82) is 0 Å². The van der Waals surface area contributed by atoms with Gasteiger partial charge >= 0.3 is 13.2 Å². The number of nitrogens with one attached hydrogen (secondary N) is 4. The van der Waals surface area contributed by atoms with E-state index in [0.29, 0.717) is 24.0 Å². The molecule has 44 heavy (non-hydrogen) atoms. The molecule has 3 aliphatic carbocycles. The van der Waals surface area contributed by atoms with Crippen molar-refractivity contribution in [1.82, 2.24) is 21.3 Å². The molecule has 1 saturated heterocycles. The molecule has 1 aliphatic heterocycles. The van der Waals surface area contributed by atoms with Crippen molar-refractivity contribution >= 4 is 42.7 Å². The standard InChI is InChI=1S/C31H47BN4O7S/c1-18(2)25(36-30(40)41-5)29(39)35-23(14-19-10-8-7-9-11-19)28(38)34-22(12-13-44-6)27(37)33-17-32-42-24-16-20-15-21(26(24)43-32)31(20,3)4/h7-11,18,20-26H,12-17H2,1-6H3,(H,33,37)(H,34,38)(H,35,39)(H,36,40)/t20?,21-,22+,23+,24-,25+,26+/m1/s1. The third-order valence-corrected chi connectivity index (χ3v) is 10.1. The van der Waals surface area contributed by atoms with Gasteiger partial charge in [0.25, 0.3) is 0 Å². The van der Waals surface area contributed by atoms with Crippen LogP contribution in [0.3, 0.4) is 0 Å². The Bertz CT molecular complexity index is 1170. The Labute approximate surface area is 265 Å². The van der Waals surface area contributed by atoms with Crippen molar-refractivity contribution in [3.05, 3.63) is 35.9 Å². The highest BCUT2D eigenvalue weighted by Crippen LogP contribution is 2.61. The first-order valence-electron chi connectivity index (χ1n) is 15.5. The average Bonchev–Trinajstić information content (AvgIpc) is 3.43. The maximum Gasteiger partial charge on any atom is 0.478 e. The van der Waals surface area contributed by atoms with E-state index in [1.54, 1.807) is 25.6 Å². The van der Waals surface area contributed by atoms with Crippen LogP contribution in [-0.4, -0.2) is 86.8 Å². The van der Waals surface area contributed by atoms with E-state index < -0.39 is 43.2 Å². The molecule has 1 aromatic rings. The van der Waals surface area contributed by atoms with Crippen molar-refractivity contribution in [2.45, 2.75) is 83.7 Å². The SMILES string of the molecule is COC(=O)N[C@H](C(=O)N[C@@H](Cc1ccccc1)C(=O)N[C@@H](CCSC)C(=O)NCB1O[C@H]2[C@H]3CC(C[C@H]2O1)C3(C)C)C(C)C. The van der Waals surface area contributed by atoms with Gasteiger partial charge in [0.05, 0.1) is 25.8 Å². The summed E-state index contributed by atoms with van der Waals surface area (Å²) in [6.07, 6.45) is 4.23. The summed E-state index contributed by atoms with van der Waals surface area (Å²) in [4.78, 5) is 52.2. The van der Waals surface area contributed by atoms with Gasteiger partial charge in [0, 0.05) is 6.42 Å². The van der Waals surface area contributed by atoms with E-state index in [-0.39, 0.29) is 42.3 Å². The maximum atomic E-state index is 13.7. The average molecular weight is 631 g/mol. The Balaban J connectivity index is 1.40. The van der Waals surface area contributed by atoms with E-state index in [1.165, 1.54) is 7.11 Å². The summed E-state index contributed by atoms with van der Waals surface area (Å²) in [5.41, 5.74) is 1.09. The Kier molecular flexibility index (Phi) is 11.6. The number of carbonyl (C=O) groups is 4. The summed E-state index contributed by atoms with van der Waals surface area (Å²) in [5, 5.41) is 11.1. The molecule has 0 aromatic heterocycles. The fourth-order valence-electron chi connectivity index (χ4n) is 6.63. The first kappa shape index (κ1) is 34.1. The van der Waals surface area contributed by atoms with Crippen molar-refractivity contribution < 1.29 is 33.2 Å². The molecule has 0 spiro atoms. The van der Waals surface area contributed by atoms with Crippen LogP contribution < -0.4 is 21.3 Å². The number of hydrogen-bond acceptors (Lipinski definition) is 8. The summed E-state index contributed by atoms with van der Waals surface area (Å²) in [5.74, 6) is 0.135. The summed E-state index contributed by atoms with van der Waals surface area (Å²) < 4.78 is 17.1. The number of rotatable bonds is 14. The van der Waals surface area contributed by atoms with Crippen LogP contribution >= 0.6 is 11.8 Å². The molecule has 4 aliphatic rings.